The van der Waals surface area contributed by atoms with Gasteiger partial charge in [-0.05, 0) is 84.6 Å². The molecule has 0 aliphatic heterocycles. The van der Waals surface area contributed by atoms with Crippen LogP contribution in [-0.2, 0) is 5.41 Å². The van der Waals surface area contributed by atoms with E-state index in [1.54, 1.807) is 0 Å². The molecule has 0 N–H and O–H groups in total. The fraction of sp³-hybridized carbons (Fsp3) is 0.0244. The molecule has 6 aromatic carbocycles. The van der Waals surface area contributed by atoms with Crippen molar-refractivity contribution < 1.29 is 0 Å². The lowest BCUT2D eigenvalue weighted by Gasteiger charge is -2.40. The average Bonchev–Trinajstić information content (AvgIpc) is 3.37. The molecule has 2 aromatic heterocycles. The first-order chi connectivity index (χ1) is 21.4. The molecule has 2 aliphatic rings. The maximum atomic E-state index is 4.81. The summed E-state index contributed by atoms with van der Waals surface area (Å²) in [6, 6.07) is 49.3. The Labute approximate surface area is 248 Å². The SMILES string of the molecule is c1ccc2c(c1)-c1ccccc1C21c2ccccc2-c2cccc3c(-c4cc5cccnc5c5ncccc45)ccc1c23. The van der Waals surface area contributed by atoms with Crippen LogP contribution in [0.3, 0.4) is 0 Å². The Morgan fingerprint density at radius 2 is 0.953 bits per heavy atom. The molecule has 0 saturated carbocycles. The average molecular weight is 545 g/mol. The number of nitrogens with zero attached hydrogens (tertiary/aromatic N) is 2. The molecule has 0 amide bonds. The van der Waals surface area contributed by atoms with E-state index in [0.29, 0.717) is 0 Å². The van der Waals surface area contributed by atoms with Gasteiger partial charge in [0.15, 0.2) is 0 Å². The van der Waals surface area contributed by atoms with Crippen LogP contribution in [0.1, 0.15) is 22.3 Å². The number of benzene rings is 6. The number of aromatic nitrogens is 2. The number of rotatable bonds is 1. The third-order valence-electron chi connectivity index (χ3n) is 9.77. The van der Waals surface area contributed by atoms with E-state index < -0.39 is 5.41 Å². The third-order valence-corrected chi connectivity index (χ3v) is 9.77. The molecule has 0 unspecified atom stereocenters. The summed E-state index contributed by atoms with van der Waals surface area (Å²) in [5, 5.41) is 4.81. The molecule has 0 fully saturated rings. The van der Waals surface area contributed by atoms with Crippen LogP contribution in [0.15, 0.2) is 146 Å². The van der Waals surface area contributed by atoms with Gasteiger partial charge in [-0.1, -0.05) is 115 Å². The van der Waals surface area contributed by atoms with Gasteiger partial charge in [0.05, 0.1) is 16.4 Å². The number of hydrogen-bond acceptors (Lipinski definition) is 2. The second kappa shape index (κ2) is 8.24. The van der Waals surface area contributed by atoms with Crippen molar-refractivity contribution in [3.63, 3.8) is 0 Å². The molecule has 0 saturated heterocycles. The van der Waals surface area contributed by atoms with Crippen LogP contribution in [-0.4, -0.2) is 9.97 Å². The highest BCUT2D eigenvalue weighted by Crippen LogP contribution is 2.62. The van der Waals surface area contributed by atoms with Crippen LogP contribution in [0.4, 0.5) is 0 Å². The Kier molecular flexibility index (Phi) is 4.41. The molecule has 2 nitrogen and oxygen atoms in total. The fourth-order valence-electron chi connectivity index (χ4n) is 8.18. The van der Waals surface area contributed by atoms with E-state index in [0.717, 1.165) is 21.8 Å². The monoisotopic (exact) mass is 544 g/mol. The number of pyridine rings is 2. The van der Waals surface area contributed by atoms with Gasteiger partial charge in [0.25, 0.3) is 0 Å². The summed E-state index contributed by atoms with van der Waals surface area (Å²) in [5.41, 5.74) is 14.6. The Morgan fingerprint density at radius 3 is 1.67 bits per heavy atom. The van der Waals surface area contributed by atoms with Crippen molar-refractivity contribution in [3.8, 4) is 33.4 Å². The van der Waals surface area contributed by atoms with Gasteiger partial charge in [-0.2, -0.15) is 0 Å². The molecular weight excluding hydrogens is 520 g/mol. The molecule has 0 atom stereocenters. The summed E-state index contributed by atoms with van der Waals surface area (Å²) in [6.45, 7) is 0. The highest BCUT2D eigenvalue weighted by atomic mass is 14.7. The van der Waals surface area contributed by atoms with Crippen molar-refractivity contribution >= 4 is 32.6 Å². The van der Waals surface area contributed by atoms with Gasteiger partial charge in [-0.15, -0.1) is 0 Å². The number of fused-ring (bicyclic) bond motifs is 12. The van der Waals surface area contributed by atoms with Crippen LogP contribution in [0, 0.1) is 0 Å². The van der Waals surface area contributed by atoms with Gasteiger partial charge >= 0.3 is 0 Å². The molecule has 2 heterocycles. The largest absolute Gasteiger partial charge is 0.254 e. The summed E-state index contributed by atoms with van der Waals surface area (Å²) in [5.74, 6) is 0. The van der Waals surface area contributed by atoms with Crippen molar-refractivity contribution in [1.29, 1.82) is 0 Å². The Morgan fingerprint density at radius 1 is 0.372 bits per heavy atom. The topological polar surface area (TPSA) is 25.8 Å². The van der Waals surface area contributed by atoms with Crippen LogP contribution >= 0.6 is 0 Å². The van der Waals surface area contributed by atoms with Crippen LogP contribution < -0.4 is 0 Å². The maximum absolute atomic E-state index is 4.81. The van der Waals surface area contributed by atoms with Crippen molar-refractivity contribution in [3.05, 3.63) is 168 Å². The Hall–Kier alpha value is -5.60. The van der Waals surface area contributed by atoms with Gasteiger partial charge in [0.1, 0.15) is 0 Å². The summed E-state index contributed by atoms with van der Waals surface area (Å²) in [7, 11) is 0. The summed E-state index contributed by atoms with van der Waals surface area (Å²) < 4.78 is 0. The van der Waals surface area contributed by atoms with Crippen molar-refractivity contribution in [2.24, 2.45) is 0 Å². The second-order valence-electron chi connectivity index (χ2n) is 11.7. The maximum Gasteiger partial charge on any atom is 0.0970 e. The third kappa shape index (κ3) is 2.78. The lowest BCUT2D eigenvalue weighted by atomic mass is 9.61. The van der Waals surface area contributed by atoms with E-state index >= 15 is 0 Å². The van der Waals surface area contributed by atoms with Gasteiger partial charge in [0, 0.05) is 23.2 Å². The fourth-order valence-corrected chi connectivity index (χ4v) is 8.18. The zero-order valence-electron chi connectivity index (χ0n) is 23.3. The smallest absolute Gasteiger partial charge is 0.0970 e. The zero-order chi connectivity index (χ0) is 28.1. The Bertz CT molecular complexity index is 2430. The lowest BCUT2D eigenvalue weighted by Crippen LogP contribution is -2.31. The lowest BCUT2D eigenvalue weighted by molar-refractivity contribution is 0.773. The van der Waals surface area contributed by atoms with E-state index in [9.17, 15) is 0 Å². The van der Waals surface area contributed by atoms with Crippen molar-refractivity contribution in [1.82, 2.24) is 9.97 Å². The molecule has 10 rings (SSSR count). The van der Waals surface area contributed by atoms with Crippen molar-refractivity contribution in [2.75, 3.05) is 0 Å². The van der Waals surface area contributed by atoms with Gasteiger partial charge < -0.3 is 0 Å². The molecule has 43 heavy (non-hydrogen) atoms. The van der Waals surface area contributed by atoms with E-state index in [2.05, 4.69) is 121 Å². The van der Waals surface area contributed by atoms with Gasteiger partial charge in [-0.3, -0.25) is 9.97 Å². The molecular formula is C41H24N2. The van der Waals surface area contributed by atoms with E-state index in [1.807, 2.05) is 24.5 Å². The molecule has 1 spiro atoms. The quantitative estimate of drug-likeness (QED) is 0.192. The van der Waals surface area contributed by atoms with Crippen molar-refractivity contribution in [2.45, 2.75) is 5.41 Å². The van der Waals surface area contributed by atoms with E-state index in [-0.39, 0.29) is 0 Å². The first-order valence-corrected chi connectivity index (χ1v) is 14.8. The predicted octanol–water partition coefficient (Wildman–Crippen LogP) is 9.95. The molecule has 0 radical (unpaired) electrons. The highest BCUT2D eigenvalue weighted by Gasteiger charge is 2.49. The molecule has 2 heteroatoms. The predicted molar refractivity (Wildman–Crippen MR) is 176 cm³/mol. The molecule has 0 bridgehead atoms. The standard InChI is InChI=1S/C41H24N2/c1-4-17-34-27(11-1)28-12-2-5-18-35(28)41(34)36-19-6-3-13-29(36)31-15-7-14-30-26(20-21-37(41)38(30)31)33-24-25-10-8-22-42-39(25)40-32(33)16-9-23-43-40/h1-24H. The second-order valence-corrected chi connectivity index (χ2v) is 11.7. The van der Waals surface area contributed by atoms with Gasteiger partial charge in [-0.25, -0.2) is 0 Å². The number of hydrogen-bond donors (Lipinski definition) is 0. The van der Waals surface area contributed by atoms with Gasteiger partial charge in [0.2, 0.25) is 0 Å². The summed E-state index contributed by atoms with van der Waals surface area (Å²) in [6.07, 6.45) is 3.72. The molecule has 2 aliphatic carbocycles. The molecule has 8 aromatic rings. The summed E-state index contributed by atoms with van der Waals surface area (Å²) in [4.78, 5) is 9.52. The zero-order valence-corrected chi connectivity index (χ0v) is 23.3. The minimum atomic E-state index is -0.397. The first-order valence-electron chi connectivity index (χ1n) is 14.8. The van der Waals surface area contributed by atoms with Crippen LogP contribution in [0.25, 0.3) is 66.0 Å². The van der Waals surface area contributed by atoms with Crippen LogP contribution in [0.2, 0.25) is 0 Å². The summed E-state index contributed by atoms with van der Waals surface area (Å²) >= 11 is 0. The van der Waals surface area contributed by atoms with E-state index in [4.69, 9.17) is 9.97 Å². The first kappa shape index (κ1) is 23.0. The molecule has 198 valence electrons. The normalized spacial score (nSPS) is 13.8. The minimum absolute atomic E-state index is 0.397. The minimum Gasteiger partial charge on any atom is -0.254 e. The highest BCUT2D eigenvalue weighted by molar-refractivity contribution is 6.17. The Balaban J connectivity index is 1.39. The van der Waals surface area contributed by atoms with Crippen LogP contribution in [0.5, 0.6) is 0 Å². The van der Waals surface area contributed by atoms with E-state index in [1.165, 1.54) is 66.4 Å².